The van der Waals surface area contributed by atoms with Gasteiger partial charge in [0.2, 0.25) is 17.7 Å². The third-order valence-electron chi connectivity index (χ3n) is 7.51. The second-order valence-corrected chi connectivity index (χ2v) is 10.5. The lowest BCUT2D eigenvalue weighted by atomic mass is 9.94. The normalized spacial score (nSPS) is 29.6. The van der Waals surface area contributed by atoms with Gasteiger partial charge in [-0.25, -0.2) is 8.78 Å². The summed E-state index contributed by atoms with van der Waals surface area (Å²) in [6.07, 6.45) is -5.87. The molecule has 0 aromatic carbocycles. The molecule has 2 heterocycles. The second-order valence-electron chi connectivity index (χ2n) is 10.5. The number of nitriles is 1. The van der Waals surface area contributed by atoms with Crippen LogP contribution >= 0.6 is 0 Å². The van der Waals surface area contributed by atoms with Gasteiger partial charge in [-0.1, -0.05) is 27.7 Å². The minimum atomic E-state index is -5.21. The highest BCUT2D eigenvalue weighted by atomic mass is 19.4. The summed E-state index contributed by atoms with van der Waals surface area (Å²) in [6, 6.07) is -2.54. The number of hydrogen-bond donors (Lipinski definition) is 3. The number of fused-ring (bicyclic) bond motifs is 1. The van der Waals surface area contributed by atoms with Crippen LogP contribution in [0.15, 0.2) is 0 Å². The number of piperidine rings is 1. The minimum Gasteiger partial charge on any atom is -0.350 e. The number of carbonyl (C=O) groups excluding carboxylic acids is 4. The van der Waals surface area contributed by atoms with Crippen LogP contribution in [0.2, 0.25) is 0 Å². The lowest BCUT2D eigenvalue weighted by Crippen LogP contribution is -2.59. The standard InChI is InChI=1S/C22H28F5N5O4/c1-9(2)14(31-19(36)22(25,26)27)18(35)32-7-12-13(20(12,3)4)15(32)17(34)30-10(6-28)5-11-16(33)29-8-21(11,23)24/h9-15H,5,7-8H2,1-4H3,(H,29,33)(H,30,34)(H,31,36)/t10-,11-,12-,13-,14-,15-/m0/s1. The van der Waals surface area contributed by atoms with Gasteiger partial charge in [0.15, 0.2) is 0 Å². The first-order chi connectivity index (χ1) is 16.4. The first-order valence-corrected chi connectivity index (χ1v) is 11.5. The van der Waals surface area contributed by atoms with Crippen molar-refractivity contribution in [3.63, 3.8) is 0 Å². The van der Waals surface area contributed by atoms with Crippen LogP contribution in [-0.4, -0.2) is 71.8 Å². The third kappa shape index (κ3) is 4.97. The summed E-state index contributed by atoms with van der Waals surface area (Å²) in [7, 11) is 0. The topological polar surface area (TPSA) is 131 Å². The molecule has 3 fully saturated rings. The van der Waals surface area contributed by atoms with Gasteiger partial charge in [0, 0.05) is 6.54 Å². The zero-order valence-electron chi connectivity index (χ0n) is 20.1. The molecule has 3 rings (SSSR count). The number of alkyl halides is 5. The van der Waals surface area contributed by atoms with Crippen molar-refractivity contribution in [2.24, 2.45) is 29.1 Å². The van der Waals surface area contributed by atoms with Crippen molar-refractivity contribution in [2.75, 3.05) is 13.1 Å². The van der Waals surface area contributed by atoms with E-state index in [1.165, 1.54) is 13.8 Å². The van der Waals surface area contributed by atoms with Crippen molar-refractivity contribution in [3.05, 3.63) is 0 Å². The molecule has 4 amide bonds. The highest BCUT2D eigenvalue weighted by molar-refractivity contribution is 5.94. The molecule has 2 aliphatic heterocycles. The van der Waals surface area contributed by atoms with Crippen LogP contribution in [-0.2, 0) is 19.2 Å². The van der Waals surface area contributed by atoms with Gasteiger partial charge in [0.05, 0.1) is 12.6 Å². The highest BCUT2D eigenvalue weighted by Crippen LogP contribution is 2.65. The van der Waals surface area contributed by atoms with Gasteiger partial charge in [0.1, 0.15) is 24.0 Å². The molecule has 14 heteroatoms. The van der Waals surface area contributed by atoms with Gasteiger partial charge < -0.3 is 20.9 Å². The molecule has 0 radical (unpaired) electrons. The SMILES string of the molecule is CC(C)[C@H](NC(=O)C(F)(F)F)C(=O)N1C[C@H]2[C@@H]([C@H]1C(=O)N[C@H](C#N)C[C@H]1C(=O)NCC1(F)F)C2(C)C. The molecule has 3 N–H and O–H groups in total. The predicted molar refractivity (Wildman–Crippen MR) is 113 cm³/mol. The summed E-state index contributed by atoms with van der Waals surface area (Å²) in [5, 5.41) is 15.5. The molecule has 1 aliphatic carbocycles. The first-order valence-electron chi connectivity index (χ1n) is 11.5. The third-order valence-corrected chi connectivity index (χ3v) is 7.51. The number of hydrogen-bond acceptors (Lipinski definition) is 5. The Morgan fingerprint density at radius 3 is 2.31 bits per heavy atom. The zero-order chi connectivity index (χ0) is 27.4. The monoisotopic (exact) mass is 521 g/mol. The summed E-state index contributed by atoms with van der Waals surface area (Å²) in [6.45, 7) is 5.73. The number of carbonyl (C=O) groups is 4. The largest absolute Gasteiger partial charge is 0.471 e. The maximum Gasteiger partial charge on any atom is 0.471 e. The molecule has 0 bridgehead atoms. The molecule has 0 unspecified atom stereocenters. The molecular formula is C22H28F5N5O4. The van der Waals surface area contributed by atoms with Crippen LogP contribution in [0.25, 0.3) is 0 Å². The van der Waals surface area contributed by atoms with E-state index >= 15 is 0 Å². The molecule has 0 aromatic rings. The Morgan fingerprint density at radius 2 is 1.83 bits per heavy atom. The molecule has 6 atom stereocenters. The summed E-state index contributed by atoms with van der Waals surface area (Å²) in [5.74, 6) is -11.5. The summed E-state index contributed by atoms with van der Waals surface area (Å²) >= 11 is 0. The maximum absolute atomic E-state index is 14.0. The van der Waals surface area contributed by atoms with Crippen molar-refractivity contribution < 1.29 is 41.1 Å². The molecule has 36 heavy (non-hydrogen) atoms. The summed E-state index contributed by atoms with van der Waals surface area (Å²) in [5.41, 5.74) is -0.387. The van der Waals surface area contributed by atoms with E-state index in [1.54, 1.807) is 11.4 Å². The van der Waals surface area contributed by atoms with Crippen LogP contribution in [0.3, 0.4) is 0 Å². The Bertz CT molecular complexity index is 992. The molecule has 0 spiro atoms. The highest BCUT2D eigenvalue weighted by Gasteiger charge is 2.69. The number of rotatable bonds is 7. The van der Waals surface area contributed by atoms with Gasteiger partial charge in [-0.3, -0.25) is 19.2 Å². The minimum absolute atomic E-state index is 0.0417. The smallest absolute Gasteiger partial charge is 0.350 e. The Balaban J connectivity index is 1.79. The molecular weight excluding hydrogens is 493 g/mol. The Hall–Kier alpha value is -2.98. The average Bonchev–Trinajstić information content (AvgIpc) is 3.06. The van der Waals surface area contributed by atoms with Gasteiger partial charge >= 0.3 is 12.1 Å². The molecule has 0 aromatic heterocycles. The lowest BCUT2D eigenvalue weighted by molar-refractivity contribution is -0.175. The van der Waals surface area contributed by atoms with Crippen LogP contribution < -0.4 is 16.0 Å². The van der Waals surface area contributed by atoms with Gasteiger partial charge in [0.25, 0.3) is 5.92 Å². The first kappa shape index (κ1) is 27.6. The van der Waals surface area contributed by atoms with Crippen molar-refractivity contribution in [1.82, 2.24) is 20.9 Å². The molecule has 9 nitrogen and oxygen atoms in total. The van der Waals surface area contributed by atoms with E-state index in [0.717, 1.165) is 4.90 Å². The number of halogens is 5. The van der Waals surface area contributed by atoms with E-state index in [1.807, 2.05) is 19.2 Å². The van der Waals surface area contributed by atoms with E-state index in [9.17, 15) is 46.4 Å². The number of nitrogens with zero attached hydrogens (tertiary/aromatic N) is 2. The summed E-state index contributed by atoms with van der Waals surface area (Å²) in [4.78, 5) is 50.9. The fourth-order valence-corrected chi connectivity index (χ4v) is 5.29. The number of nitrogens with one attached hydrogen (secondary N) is 3. The average molecular weight is 521 g/mol. The number of likely N-dealkylation sites (tertiary alicyclic amines) is 1. The Labute approximate surface area is 204 Å². The van der Waals surface area contributed by atoms with E-state index in [0.29, 0.717) is 0 Å². The van der Waals surface area contributed by atoms with Crippen molar-refractivity contribution in [1.29, 1.82) is 5.26 Å². The van der Waals surface area contributed by atoms with E-state index in [2.05, 4.69) is 5.32 Å². The summed E-state index contributed by atoms with van der Waals surface area (Å²) < 4.78 is 66.4. The fraction of sp³-hybridized carbons (Fsp3) is 0.773. The maximum atomic E-state index is 14.0. The van der Waals surface area contributed by atoms with Crippen LogP contribution in [0.4, 0.5) is 22.0 Å². The fourth-order valence-electron chi connectivity index (χ4n) is 5.29. The van der Waals surface area contributed by atoms with Crippen LogP contribution in [0, 0.1) is 40.4 Å². The quantitative estimate of drug-likeness (QED) is 0.430. The second kappa shape index (κ2) is 9.15. The molecule has 3 aliphatic rings. The zero-order valence-corrected chi connectivity index (χ0v) is 20.1. The van der Waals surface area contributed by atoms with Crippen LogP contribution in [0.1, 0.15) is 34.1 Å². The molecule has 2 saturated heterocycles. The van der Waals surface area contributed by atoms with Crippen molar-refractivity contribution >= 4 is 23.6 Å². The van der Waals surface area contributed by atoms with E-state index < -0.39 is 78.7 Å². The van der Waals surface area contributed by atoms with Gasteiger partial charge in [-0.05, 0) is 29.6 Å². The van der Waals surface area contributed by atoms with Crippen LogP contribution in [0.5, 0.6) is 0 Å². The predicted octanol–water partition coefficient (Wildman–Crippen LogP) is 0.952. The van der Waals surface area contributed by atoms with Gasteiger partial charge in [-0.2, -0.15) is 18.4 Å². The molecule has 200 valence electrons. The van der Waals surface area contributed by atoms with E-state index in [-0.39, 0.29) is 23.8 Å². The lowest BCUT2D eigenvalue weighted by Gasteiger charge is -2.34. The van der Waals surface area contributed by atoms with Crippen molar-refractivity contribution in [2.45, 2.75) is 64.3 Å². The van der Waals surface area contributed by atoms with Gasteiger partial charge in [-0.15, -0.1) is 0 Å². The van der Waals surface area contributed by atoms with Crippen molar-refractivity contribution in [3.8, 4) is 6.07 Å². The van der Waals surface area contributed by atoms with E-state index in [4.69, 9.17) is 0 Å². The Morgan fingerprint density at radius 1 is 1.22 bits per heavy atom. The molecule has 1 saturated carbocycles. The number of amides is 4. The Kier molecular flexibility index (Phi) is 7.02.